The van der Waals surface area contributed by atoms with Crippen LogP contribution in [-0.2, 0) is 4.79 Å². The van der Waals surface area contributed by atoms with Gasteiger partial charge in [0.15, 0.2) is 17.5 Å². The average Bonchev–Trinajstić information content (AvgIpc) is 3.21. The molecule has 0 aliphatic carbocycles. The molecule has 1 atom stereocenters. The summed E-state index contributed by atoms with van der Waals surface area (Å²) in [5.74, 6) is 2.27. The Labute approximate surface area is 164 Å². The summed E-state index contributed by atoms with van der Waals surface area (Å²) in [5.41, 5.74) is 1.93. The van der Waals surface area contributed by atoms with Gasteiger partial charge in [-0.05, 0) is 43.3 Å². The monoisotopic (exact) mass is 384 g/mol. The molecule has 0 bridgehead atoms. The van der Waals surface area contributed by atoms with Crippen LogP contribution < -0.4 is 29.3 Å². The lowest BCUT2D eigenvalue weighted by molar-refractivity contribution is -0.914. The lowest BCUT2D eigenvalue weighted by atomic mass is 10.2. The van der Waals surface area contributed by atoms with Gasteiger partial charge in [0.2, 0.25) is 6.79 Å². The predicted molar refractivity (Wildman–Crippen MR) is 107 cm³/mol. The van der Waals surface area contributed by atoms with Gasteiger partial charge in [0.05, 0.1) is 33.3 Å². The van der Waals surface area contributed by atoms with Crippen molar-refractivity contribution in [1.82, 2.24) is 0 Å². The molecule has 7 heteroatoms. The van der Waals surface area contributed by atoms with Gasteiger partial charge in [-0.2, -0.15) is 0 Å². The molecule has 0 saturated carbocycles. The number of fused-ring (bicyclic) bond motifs is 1. The normalized spacial score (nSPS) is 17.3. The molecule has 2 aromatic rings. The second-order valence-corrected chi connectivity index (χ2v) is 7.12. The van der Waals surface area contributed by atoms with E-state index in [0.717, 1.165) is 37.6 Å². The Balaban J connectivity index is 1.31. The number of methoxy groups -OCH3 is 1. The number of benzene rings is 2. The number of nitrogens with one attached hydrogen (secondary N) is 2. The maximum absolute atomic E-state index is 12.7. The Bertz CT molecular complexity index is 832. The van der Waals surface area contributed by atoms with Crippen molar-refractivity contribution in [3.05, 3.63) is 42.5 Å². The first kappa shape index (κ1) is 18.4. The van der Waals surface area contributed by atoms with Gasteiger partial charge in [-0.3, -0.25) is 4.79 Å². The molecule has 4 rings (SSSR count). The van der Waals surface area contributed by atoms with E-state index in [2.05, 4.69) is 22.3 Å². The highest BCUT2D eigenvalue weighted by molar-refractivity contribution is 5.94. The summed E-state index contributed by atoms with van der Waals surface area (Å²) in [6, 6.07) is 13.5. The number of quaternary nitrogens is 1. The van der Waals surface area contributed by atoms with Crippen molar-refractivity contribution in [3.63, 3.8) is 0 Å². The molecule has 1 saturated heterocycles. The van der Waals surface area contributed by atoms with Crippen LogP contribution in [0.1, 0.15) is 6.92 Å². The standard InChI is InChI=1S/C21H25N3O4/c1-15(21(25)22-16-3-8-19-20(13-16)28-14-27-19)23-9-11-24(12-10-23)17-4-6-18(26-2)7-5-17/h3-8,13,15H,9-12,14H2,1-2H3,(H,22,25)/p+1/t15-/m1/s1. The third-order valence-corrected chi connectivity index (χ3v) is 5.49. The van der Waals surface area contributed by atoms with Crippen LogP contribution in [0.4, 0.5) is 11.4 Å². The van der Waals surface area contributed by atoms with Gasteiger partial charge < -0.3 is 29.3 Å². The fourth-order valence-corrected chi connectivity index (χ4v) is 3.69. The van der Waals surface area contributed by atoms with E-state index in [0.29, 0.717) is 11.5 Å². The van der Waals surface area contributed by atoms with Crippen molar-refractivity contribution in [1.29, 1.82) is 0 Å². The molecule has 2 heterocycles. The topological polar surface area (TPSA) is 64.5 Å². The zero-order valence-electron chi connectivity index (χ0n) is 16.2. The van der Waals surface area contributed by atoms with E-state index in [1.807, 2.05) is 37.3 Å². The molecule has 2 aliphatic heterocycles. The van der Waals surface area contributed by atoms with E-state index >= 15 is 0 Å². The molecule has 0 radical (unpaired) electrons. The third kappa shape index (κ3) is 3.84. The highest BCUT2D eigenvalue weighted by atomic mass is 16.7. The molecule has 7 nitrogen and oxygen atoms in total. The first-order valence-corrected chi connectivity index (χ1v) is 9.58. The van der Waals surface area contributed by atoms with Gasteiger partial charge in [0.1, 0.15) is 5.75 Å². The molecule has 0 unspecified atom stereocenters. The summed E-state index contributed by atoms with van der Waals surface area (Å²) in [7, 11) is 1.67. The van der Waals surface area contributed by atoms with E-state index in [1.54, 1.807) is 7.11 Å². The number of carbonyl (C=O) groups is 1. The second-order valence-electron chi connectivity index (χ2n) is 7.12. The van der Waals surface area contributed by atoms with E-state index in [1.165, 1.54) is 10.6 Å². The van der Waals surface area contributed by atoms with Crippen LogP contribution in [0, 0.1) is 0 Å². The van der Waals surface area contributed by atoms with Gasteiger partial charge in [0.25, 0.3) is 5.91 Å². The molecular weight excluding hydrogens is 358 g/mol. The summed E-state index contributed by atoms with van der Waals surface area (Å²) < 4.78 is 15.9. The first-order chi connectivity index (χ1) is 13.6. The molecule has 1 amide bonds. The summed E-state index contributed by atoms with van der Waals surface area (Å²) in [6.07, 6.45) is 0. The predicted octanol–water partition coefficient (Wildman–Crippen LogP) is 1.16. The highest BCUT2D eigenvalue weighted by Gasteiger charge is 2.29. The number of carbonyl (C=O) groups excluding carboxylic acids is 1. The van der Waals surface area contributed by atoms with Crippen LogP contribution >= 0.6 is 0 Å². The second kappa shape index (κ2) is 7.98. The quantitative estimate of drug-likeness (QED) is 0.810. The molecule has 148 valence electrons. The van der Waals surface area contributed by atoms with Gasteiger partial charge in [-0.25, -0.2) is 0 Å². The maximum atomic E-state index is 12.7. The van der Waals surface area contributed by atoms with Gasteiger partial charge in [-0.1, -0.05) is 0 Å². The van der Waals surface area contributed by atoms with Crippen molar-refractivity contribution < 1.29 is 23.9 Å². The molecule has 0 spiro atoms. The van der Waals surface area contributed by atoms with Crippen molar-refractivity contribution >= 4 is 17.3 Å². The molecule has 2 aromatic carbocycles. The van der Waals surface area contributed by atoms with Crippen LogP contribution in [0.3, 0.4) is 0 Å². The molecule has 2 N–H and O–H groups in total. The minimum absolute atomic E-state index is 0.0202. The molecular formula is C21H26N3O4+. The number of ether oxygens (including phenoxy) is 3. The Morgan fingerprint density at radius 3 is 2.54 bits per heavy atom. The van der Waals surface area contributed by atoms with Crippen molar-refractivity contribution in [2.75, 3.05) is 50.3 Å². The van der Waals surface area contributed by atoms with E-state index < -0.39 is 0 Å². The van der Waals surface area contributed by atoms with Crippen molar-refractivity contribution in [2.45, 2.75) is 13.0 Å². The van der Waals surface area contributed by atoms with Crippen LogP contribution in [0.15, 0.2) is 42.5 Å². The fourth-order valence-electron chi connectivity index (χ4n) is 3.69. The minimum Gasteiger partial charge on any atom is -0.497 e. The molecule has 1 fully saturated rings. The summed E-state index contributed by atoms with van der Waals surface area (Å²) in [4.78, 5) is 16.3. The van der Waals surface area contributed by atoms with E-state index in [-0.39, 0.29) is 18.7 Å². The lowest BCUT2D eigenvalue weighted by Crippen LogP contribution is -3.19. The summed E-state index contributed by atoms with van der Waals surface area (Å²) >= 11 is 0. The molecule has 0 aromatic heterocycles. The number of anilines is 2. The minimum atomic E-state index is -0.122. The van der Waals surface area contributed by atoms with Crippen LogP contribution in [0.25, 0.3) is 0 Å². The van der Waals surface area contributed by atoms with Crippen LogP contribution in [0.2, 0.25) is 0 Å². The first-order valence-electron chi connectivity index (χ1n) is 9.58. The molecule has 2 aliphatic rings. The Hall–Kier alpha value is -2.93. The lowest BCUT2D eigenvalue weighted by Gasteiger charge is -2.36. The fraction of sp³-hybridized carbons (Fsp3) is 0.381. The zero-order valence-corrected chi connectivity index (χ0v) is 16.2. The van der Waals surface area contributed by atoms with Crippen LogP contribution in [-0.4, -0.2) is 52.0 Å². The largest absolute Gasteiger partial charge is 0.497 e. The maximum Gasteiger partial charge on any atom is 0.282 e. The smallest absolute Gasteiger partial charge is 0.282 e. The Morgan fingerprint density at radius 2 is 1.82 bits per heavy atom. The summed E-state index contributed by atoms with van der Waals surface area (Å²) in [6.45, 7) is 5.89. The average molecular weight is 384 g/mol. The van der Waals surface area contributed by atoms with Crippen LogP contribution in [0.5, 0.6) is 17.2 Å². The van der Waals surface area contributed by atoms with Crippen molar-refractivity contribution in [3.8, 4) is 17.2 Å². The highest BCUT2D eigenvalue weighted by Crippen LogP contribution is 2.34. The number of nitrogens with zero attached hydrogens (tertiary/aromatic N) is 1. The number of hydrogen-bond donors (Lipinski definition) is 2. The van der Waals surface area contributed by atoms with E-state index in [9.17, 15) is 4.79 Å². The Morgan fingerprint density at radius 1 is 1.11 bits per heavy atom. The van der Waals surface area contributed by atoms with Gasteiger partial charge in [0, 0.05) is 17.4 Å². The SMILES string of the molecule is COc1ccc(N2CC[NH+]([C@H](C)C(=O)Nc3ccc4c(c3)OCO4)CC2)cc1. The number of amides is 1. The molecule has 28 heavy (non-hydrogen) atoms. The number of piperazine rings is 1. The van der Waals surface area contributed by atoms with Gasteiger partial charge in [-0.15, -0.1) is 0 Å². The third-order valence-electron chi connectivity index (χ3n) is 5.49. The zero-order chi connectivity index (χ0) is 19.5. The Kier molecular flexibility index (Phi) is 5.25. The number of hydrogen-bond acceptors (Lipinski definition) is 5. The van der Waals surface area contributed by atoms with Gasteiger partial charge >= 0.3 is 0 Å². The number of rotatable bonds is 5. The summed E-state index contributed by atoms with van der Waals surface area (Å²) in [5, 5.41) is 3.00. The van der Waals surface area contributed by atoms with Crippen molar-refractivity contribution in [2.24, 2.45) is 0 Å². The van der Waals surface area contributed by atoms with E-state index in [4.69, 9.17) is 14.2 Å².